The van der Waals surface area contributed by atoms with Gasteiger partial charge < -0.3 is 4.90 Å². The molecule has 52 heavy (non-hydrogen) atoms. The fourth-order valence-corrected chi connectivity index (χ4v) is 8.67. The normalized spacial score (nSPS) is 16.5. The molecule has 3 heteroatoms. The molecule has 3 nitrogen and oxygen atoms in total. The average molecular weight is 668 g/mol. The van der Waals surface area contributed by atoms with Gasteiger partial charge in [-0.15, -0.1) is 0 Å². The van der Waals surface area contributed by atoms with E-state index in [0.717, 1.165) is 34.9 Å². The lowest BCUT2D eigenvalue weighted by Crippen LogP contribution is -2.39. The maximum atomic E-state index is 5.44. The molecule has 0 spiro atoms. The molecule has 0 N–H and O–H groups in total. The number of benzene rings is 6. The van der Waals surface area contributed by atoms with E-state index in [1.807, 2.05) is 0 Å². The van der Waals surface area contributed by atoms with E-state index in [2.05, 4.69) is 189 Å². The highest BCUT2D eigenvalue weighted by atomic mass is 15.3. The van der Waals surface area contributed by atoms with Crippen molar-refractivity contribution in [3.05, 3.63) is 197 Å². The Balaban J connectivity index is 1.22. The third kappa shape index (κ3) is 4.88. The summed E-state index contributed by atoms with van der Waals surface area (Å²) in [4.78, 5) is 13.4. The topological polar surface area (TPSA) is 29.0 Å². The van der Waals surface area contributed by atoms with Crippen LogP contribution in [0.2, 0.25) is 0 Å². The molecule has 0 saturated carbocycles. The van der Waals surface area contributed by atoms with Crippen molar-refractivity contribution in [1.82, 2.24) is 9.97 Å². The summed E-state index contributed by atoms with van der Waals surface area (Å²) >= 11 is 0. The zero-order chi connectivity index (χ0) is 34.8. The van der Waals surface area contributed by atoms with Crippen molar-refractivity contribution in [1.29, 1.82) is 0 Å². The van der Waals surface area contributed by atoms with Crippen LogP contribution >= 0.6 is 0 Å². The first-order valence-corrected chi connectivity index (χ1v) is 18.2. The third-order valence-corrected chi connectivity index (χ3v) is 11.2. The Kier molecular flexibility index (Phi) is 6.97. The van der Waals surface area contributed by atoms with Crippen molar-refractivity contribution in [2.75, 3.05) is 4.90 Å². The van der Waals surface area contributed by atoms with Crippen LogP contribution in [0.15, 0.2) is 175 Å². The molecule has 1 aliphatic heterocycles. The molecule has 2 aliphatic carbocycles. The van der Waals surface area contributed by atoms with Crippen LogP contribution in [0.25, 0.3) is 56.4 Å². The zero-order valence-corrected chi connectivity index (χ0v) is 29.3. The molecule has 0 radical (unpaired) electrons. The minimum Gasteiger partial charge on any atom is -0.302 e. The molecule has 1 aromatic heterocycles. The smallest absolute Gasteiger partial charge is 0.231 e. The Bertz CT molecular complexity index is 2490. The maximum absolute atomic E-state index is 5.44. The lowest BCUT2D eigenvalue weighted by Gasteiger charge is -2.45. The van der Waals surface area contributed by atoms with E-state index < -0.39 is 0 Å². The Labute approximate surface area is 305 Å². The van der Waals surface area contributed by atoms with Crippen molar-refractivity contribution in [2.24, 2.45) is 5.41 Å². The number of allylic oxidation sites excluding steroid dienone is 2. The quantitative estimate of drug-likeness (QED) is 0.183. The van der Waals surface area contributed by atoms with Crippen LogP contribution in [0.4, 0.5) is 5.95 Å². The third-order valence-electron chi connectivity index (χ3n) is 11.2. The predicted octanol–water partition coefficient (Wildman–Crippen LogP) is 12.1. The van der Waals surface area contributed by atoms with E-state index in [4.69, 9.17) is 9.97 Å². The summed E-state index contributed by atoms with van der Waals surface area (Å²) in [5.74, 6) is 0.732. The fourth-order valence-electron chi connectivity index (χ4n) is 8.67. The van der Waals surface area contributed by atoms with Gasteiger partial charge in [0, 0.05) is 28.7 Å². The summed E-state index contributed by atoms with van der Waals surface area (Å²) in [6.45, 7) is 4.84. The summed E-state index contributed by atoms with van der Waals surface area (Å²) < 4.78 is 0. The summed E-state index contributed by atoms with van der Waals surface area (Å²) in [6.07, 6.45) is 3.28. The summed E-state index contributed by atoms with van der Waals surface area (Å²) in [6, 6.07) is 58.6. The van der Waals surface area contributed by atoms with Gasteiger partial charge in [0.1, 0.15) is 0 Å². The first kappa shape index (κ1) is 30.5. The first-order chi connectivity index (χ1) is 25.5. The highest BCUT2D eigenvalue weighted by molar-refractivity contribution is 5.92. The number of hydrogen-bond acceptors (Lipinski definition) is 3. The summed E-state index contributed by atoms with van der Waals surface area (Å²) in [5.41, 5.74) is 18.0. The van der Waals surface area contributed by atoms with Gasteiger partial charge in [0.2, 0.25) is 5.95 Å². The SMILES string of the molecule is CC1(C)C2=Cc3cc(-c4ccccc4)ccc3C2N(c2nc(-c3ccccc3)cc(-c3ccccc3)n2)C2=C1c1cc(-c3ccccc3)ccc1C2. The standard InChI is InChI=1S/C49H37N3/c1-49(2)42-29-39-27-36(32-15-7-3-8-16-32)25-26-40(39)47(42)52(45-30-38-24-23-37(28-41(38)46(45)49)33-17-9-4-10-18-33)48-50-43(34-19-11-5-12-20-34)31-44(51-48)35-21-13-6-14-22-35/h3-29,31,47H,30H2,1-2H3. The molecule has 1 unspecified atom stereocenters. The van der Waals surface area contributed by atoms with Crippen LogP contribution in [-0.2, 0) is 6.42 Å². The van der Waals surface area contributed by atoms with Crippen molar-refractivity contribution >= 4 is 17.6 Å². The van der Waals surface area contributed by atoms with Crippen molar-refractivity contribution in [3.63, 3.8) is 0 Å². The predicted molar refractivity (Wildman–Crippen MR) is 214 cm³/mol. The Morgan fingerprint density at radius 1 is 0.538 bits per heavy atom. The maximum Gasteiger partial charge on any atom is 0.231 e. The van der Waals surface area contributed by atoms with Crippen LogP contribution in [0.3, 0.4) is 0 Å². The second-order valence-corrected chi connectivity index (χ2v) is 14.6. The van der Waals surface area contributed by atoms with Crippen LogP contribution in [0, 0.1) is 5.41 Å². The van der Waals surface area contributed by atoms with Crippen LogP contribution in [0.5, 0.6) is 0 Å². The van der Waals surface area contributed by atoms with Gasteiger partial charge >= 0.3 is 0 Å². The second-order valence-electron chi connectivity index (χ2n) is 14.6. The molecule has 0 amide bonds. The zero-order valence-electron chi connectivity index (χ0n) is 29.3. The molecule has 3 aliphatic rings. The molecule has 2 heterocycles. The minimum absolute atomic E-state index is 0.0360. The van der Waals surface area contributed by atoms with Crippen LogP contribution < -0.4 is 4.90 Å². The number of hydrogen-bond donors (Lipinski definition) is 0. The lowest BCUT2D eigenvalue weighted by molar-refractivity contribution is 0.517. The largest absolute Gasteiger partial charge is 0.302 e. The van der Waals surface area contributed by atoms with Crippen molar-refractivity contribution in [2.45, 2.75) is 26.3 Å². The Morgan fingerprint density at radius 3 is 1.63 bits per heavy atom. The van der Waals surface area contributed by atoms with E-state index in [-0.39, 0.29) is 11.5 Å². The van der Waals surface area contributed by atoms with E-state index >= 15 is 0 Å². The molecule has 0 saturated heterocycles. The van der Waals surface area contributed by atoms with E-state index in [1.54, 1.807) is 0 Å². The molecular formula is C49H37N3. The average Bonchev–Trinajstić information content (AvgIpc) is 3.79. The van der Waals surface area contributed by atoms with Gasteiger partial charge in [0.05, 0.1) is 17.4 Å². The molecule has 7 aromatic rings. The number of rotatable bonds is 5. The molecule has 0 bridgehead atoms. The van der Waals surface area contributed by atoms with Crippen molar-refractivity contribution < 1.29 is 0 Å². The van der Waals surface area contributed by atoms with Crippen molar-refractivity contribution in [3.8, 4) is 44.8 Å². The number of fused-ring (bicyclic) bond motifs is 5. The first-order valence-electron chi connectivity index (χ1n) is 18.2. The van der Waals surface area contributed by atoms with Gasteiger partial charge in [0.25, 0.3) is 0 Å². The summed E-state index contributed by atoms with van der Waals surface area (Å²) in [7, 11) is 0. The fraction of sp³-hybridized carbons (Fsp3) is 0.102. The Morgan fingerprint density at radius 2 is 1.06 bits per heavy atom. The van der Waals surface area contributed by atoms with Gasteiger partial charge in [-0.1, -0.05) is 166 Å². The highest BCUT2D eigenvalue weighted by Gasteiger charge is 2.50. The van der Waals surface area contributed by atoms with Crippen LogP contribution in [0.1, 0.15) is 42.1 Å². The second kappa shape index (κ2) is 11.9. The van der Waals surface area contributed by atoms with Crippen LogP contribution in [-0.4, -0.2) is 9.97 Å². The number of aromatic nitrogens is 2. The number of nitrogens with zero attached hydrogens (tertiary/aromatic N) is 3. The molecule has 248 valence electrons. The van der Waals surface area contributed by atoms with Gasteiger partial charge in [-0.3, -0.25) is 0 Å². The van der Waals surface area contributed by atoms with Gasteiger partial charge in [-0.05, 0) is 73.9 Å². The summed E-state index contributed by atoms with van der Waals surface area (Å²) in [5, 5.41) is 0. The van der Waals surface area contributed by atoms with E-state index in [1.165, 1.54) is 61.4 Å². The Hall–Kier alpha value is -6.32. The van der Waals surface area contributed by atoms with E-state index in [9.17, 15) is 0 Å². The monoisotopic (exact) mass is 667 g/mol. The highest BCUT2D eigenvalue weighted by Crippen LogP contribution is 2.62. The molecule has 6 aromatic carbocycles. The van der Waals surface area contributed by atoms with Gasteiger partial charge in [0.15, 0.2) is 0 Å². The van der Waals surface area contributed by atoms with Gasteiger partial charge in [-0.2, -0.15) is 0 Å². The molecule has 10 rings (SSSR count). The van der Waals surface area contributed by atoms with E-state index in [0.29, 0.717) is 0 Å². The number of anilines is 1. The molecule has 0 fully saturated rings. The minimum atomic E-state index is -0.234. The molecule has 1 atom stereocenters. The van der Waals surface area contributed by atoms with Gasteiger partial charge in [-0.25, -0.2) is 9.97 Å². The molecular weight excluding hydrogens is 631 g/mol. The lowest BCUT2D eigenvalue weighted by atomic mass is 9.69.